The summed E-state index contributed by atoms with van der Waals surface area (Å²) in [5.41, 5.74) is -1.65. The van der Waals surface area contributed by atoms with E-state index in [-0.39, 0.29) is 16.7 Å². The number of hydrogen-bond acceptors (Lipinski definition) is 7. The molecule has 0 aromatic heterocycles. The van der Waals surface area contributed by atoms with Gasteiger partial charge < -0.3 is 18.9 Å². The fourth-order valence-corrected chi connectivity index (χ4v) is 3.30. The summed E-state index contributed by atoms with van der Waals surface area (Å²) in [6.07, 6.45) is 0. The van der Waals surface area contributed by atoms with Crippen LogP contribution < -0.4 is 4.74 Å². The van der Waals surface area contributed by atoms with E-state index in [0.29, 0.717) is 16.9 Å². The molecule has 0 aliphatic heterocycles. The second-order valence-electron chi connectivity index (χ2n) is 12.8. The lowest BCUT2D eigenvalue weighted by molar-refractivity contribution is 0.00191. The maximum atomic E-state index is 13.3. The highest BCUT2D eigenvalue weighted by atomic mass is 16.6. The smallest absolute Gasteiger partial charge is 0.339 e. The van der Waals surface area contributed by atoms with Gasteiger partial charge in [-0.1, -0.05) is 6.07 Å². The van der Waals surface area contributed by atoms with Gasteiger partial charge in [-0.25, -0.2) is 14.4 Å². The summed E-state index contributed by atoms with van der Waals surface area (Å²) in [7, 11) is 0. The first-order valence-corrected chi connectivity index (χ1v) is 12.1. The normalized spacial score (nSPS) is 12.8. The zero-order valence-corrected chi connectivity index (χ0v) is 23.7. The van der Waals surface area contributed by atoms with Gasteiger partial charge in [0, 0.05) is 11.1 Å². The van der Waals surface area contributed by atoms with E-state index in [1.807, 2.05) is 20.8 Å². The van der Waals surface area contributed by atoms with Crippen LogP contribution in [-0.2, 0) is 14.2 Å². The molecule has 0 amide bonds. The van der Waals surface area contributed by atoms with E-state index in [2.05, 4.69) is 0 Å². The Balaban J connectivity index is 2.86. The van der Waals surface area contributed by atoms with Crippen molar-refractivity contribution in [2.45, 2.75) is 105 Å². The van der Waals surface area contributed by atoms with Gasteiger partial charge in [-0.2, -0.15) is 0 Å². The minimum atomic E-state index is -0.797. The van der Waals surface area contributed by atoms with Gasteiger partial charge in [0.15, 0.2) is 0 Å². The number of carbonyl (C=O) groups is 3. The Bertz CT molecular complexity index is 1120. The van der Waals surface area contributed by atoms with Crippen molar-refractivity contribution in [3.8, 4) is 16.9 Å². The lowest BCUT2D eigenvalue weighted by Gasteiger charge is -2.22. The zero-order chi connectivity index (χ0) is 27.9. The van der Waals surface area contributed by atoms with Crippen molar-refractivity contribution in [2.75, 3.05) is 0 Å². The molecule has 198 valence electrons. The number of carbonyl (C=O) groups excluding carboxylic acids is 3. The fraction of sp³-hybridized carbons (Fsp3) is 0.552. The van der Waals surface area contributed by atoms with Crippen LogP contribution in [0.4, 0.5) is 0 Å². The quantitative estimate of drug-likeness (QED) is 0.336. The van der Waals surface area contributed by atoms with Gasteiger partial charge >= 0.3 is 17.9 Å². The van der Waals surface area contributed by atoms with Gasteiger partial charge in [-0.05, 0) is 101 Å². The molecule has 2 rings (SSSR count). The van der Waals surface area contributed by atoms with Crippen LogP contribution in [0.5, 0.6) is 5.75 Å². The molecule has 0 fully saturated rings. The van der Waals surface area contributed by atoms with E-state index >= 15 is 0 Å². The Labute approximate surface area is 214 Å². The standard InChI is InChI=1S/C29H40O7/c1-26(2,3)33-22-16-21(25(32)36-29(10,11)12)17-13-14-18(23(30)34-27(4,5)6)20(15-19(17)22)24(31)35-28(7,8)9/h13-16H,1-12H3. The van der Waals surface area contributed by atoms with Crippen molar-refractivity contribution in [3.63, 3.8) is 0 Å². The predicted octanol–water partition coefficient (Wildman–Crippen LogP) is 6.83. The first kappa shape index (κ1) is 29.1. The predicted molar refractivity (Wildman–Crippen MR) is 139 cm³/mol. The molecule has 2 aliphatic rings. The molecule has 7 heteroatoms. The van der Waals surface area contributed by atoms with Crippen LogP contribution >= 0.6 is 0 Å². The summed E-state index contributed by atoms with van der Waals surface area (Å²) in [4.78, 5) is 39.6. The van der Waals surface area contributed by atoms with E-state index in [4.69, 9.17) is 18.9 Å². The molecule has 7 nitrogen and oxygen atoms in total. The summed E-state index contributed by atoms with van der Waals surface area (Å²) in [5, 5.41) is 0. The molecule has 0 radical (unpaired) electrons. The van der Waals surface area contributed by atoms with Gasteiger partial charge in [0.2, 0.25) is 0 Å². The molecular weight excluding hydrogens is 460 g/mol. The largest absolute Gasteiger partial charge is 0.487 e. The number of hydrogen-bond donors (Lipinski definition) is 0. The second-order valence-corrected chi connectivity index (χ2v) is 12.8. The lowest BCUT2D eigenvalue weighted by atomic mass is 10.1. The third kappa shape index (κ3) is 8.25. The SMILES string of the molecule is CC(C)(C)OC(=O)c1ccc2c(C(=O)OC(C)(C)C)cc(OC(C)(C)C)c-2cc1C(=O)OC(C)(C)C. The molecule has 36 heavy (non-hydrogen) atoms. The van der Waals surface area contributed by atoms with Crippen LogP contribution in [0, 0.1) is 0 Å². The van der Waals surface area contributed by atoms with Crippen molar-refractivity contribution in [1.29, 1.82) is 0 Å². The summed E-state index contributed by atoms with van der Waals surface area (Å²) >= 11 is 0. The summed E-state index contributed by atoms with van der Waals surface area (Å²) in [6.45, 7) is 21.4. The van der Waals surface area contributed by atoms with Crippen molar-refractivity contribution < 1.29 is 33.3 Å². The number of fused-ring (bicyclic) bond motifs is 1. The van der Waals surface area contributed by atoms with Gasteiger partial charge in [0.1, 0.15) is 28.2 Å². The van der Waals surface area contributed by atoms with Gasteiger partial charge in [-0.3, -0.25) is 0 Å². The fourth-order valence-electron chi connectivity index (χ4n) is 3.30. The van der Waals surface area contributed by atoms with Gasteiger partial charge in [0.05, 0.1) is 16.7 Å². The average molecular weight is 501 g/mol. The molecule has 0 saturated carbocycles. The number of ether oxygens (including phenoxy) is 4. The van der Waals surface area contributed by atoms with Crippen LogP contribution in [0.1, 0.15) is 114 Å². The highest BCUT2D eigenvalue weighted by Crippen LogP contribution is 2.41. The first-order valence-electron chi connectivity index (χ1n) is 12.1. The Morgan fingerprint density at radius 1 is 0.500 bits per heavy atom. The Hall–Kier alpha value is -3.09. The molecule has 0 aromatic carbocycles. The van der Waals surface area contributed by atoms with Crippen molar-refractivity contribution in [3.05, 3.63) is 41.0 Å². The molecule has 0 heterocycles. The topological polar surface area (TPSA) is 88.1 Å². The summed E-state index contributed by atoms with van der Waals surface area (Å²) in [6, 6.07) is 6.22. The highest BCUT2D eigenvalue weighted by molar-refractivity contribution is 6.07. The van der Waals surface area contributed by atoms with Crippen LogP contribution in [0.3, 0.4) is 0 Å². The Morgan fingerprint density at radius 3 is 1.33 bits per heavy atom. The first-order chi connectivity index (χ1) is 16.1. The van der Waals surface area contributed by atoms with E-state index < -0.39 is 40.3 Å². The molecule has 0 bridgehead atoms. The molecule has 2 aliphatic carbocycles. The van der Waals surface area contributed by atoms with E-state index in [9.17, 15) is 14.4 Å². The van der Waals surface area contributed by atoms with Gasteiger partial charge in [0.25, 0.3) is 0 Å². The number of esters is 3. The van der Waals surface area contributed by atoms with E-state index in [0.717, 1.165) is 0 Å². The van der Waals surface area contributed by atoms with Crippen LogP contribution in [0.2, 0.25) is 0 Å². The van der Waals surface area contributed by atoms with Crippen LogP contribution in [0.15, 0.2) is 24.3 Å². The molecule has 0 unspecified atom stereocenters. The minimum absolute atomic E-state index is 0.00859. The maximum absolute atomic E-state index is 13.3. The second kappa shape index (κ2) is 9.75. The maximum Gasteiger partial charge on any atom is 0.339 e. The molecule has 0 saturated heterocycles. The lowest BCUT2D eigenvalue weighted by Crippen LogP contribution is -2.27. The molecular formula is C29H40O7. The van der Waals surface area contributed by atoms with Gasteiger partial charge in [-0.15, -0.1) is 0 Å². The van der Waals surface area contributed by atoms with Crippen molar-refractivity contribution in [1.82, 2.24) is 0 Å². The van der Waals surface area contributed by atoms with Crippen LogP contribution in [0.25, 0.3) is 11.1 Å². The number of rotatable bonds is 4. The zero-order valence-electron chi connectivity index (χ0n) is 23.7. The average Bonchev–Trinajstić information content (AvgIpc) is 2.80. The molecule has 0 N–H and O–H groups in total. The monoisotopic (exact) mass is 500 g/mol. The third-order valence-corrected chi connectivity index (χ3v) is 4.39. The highest BCUT2D eigenvalue weighted by Gasteiger charge is 2.31. The van der Waals surface area contributed by atoms with E-state index in [1.54, 1.807) is 74.4 Å². The molecule has 0 aromatic rings. The Kier molecular flexibility index (Phi) is 7.90. The van der Waals surface area contributed by atoms with Crippen molar-refractivity contribution >= 4 is 17.9 Å². The third-order valence-electron chi connectivity index (χ3n) is 4.39. The molecule has 0 spiro atoms. The van der Waals surface area contributed by atoms with Crippen molar-refractivity contribution in [2.24, 2.45) is 0 Å². The Morgan fingerprint density at radius 2 is 0.917 bits per heavy atom. The van der Waals surface area contributed by atoms with Crippen LogP contribution in [-0.4, -0.2) is 40.3 Å². The van der Waals surface area contributed by atoms with E-state index in [1.165, 1.54) is 12.1 Å². The minimum Gasteiger partial charge on any atom is -0.487 e. The summed E-state index contributed by atoms with van der Waals surface area (Å²) in [5.74, 6) is -1.53. The summed E-state index contributed by atoms with van der Waals surface area (Å²) < 4.78 is 23.0. The molecule has 0 atom stereocenters.